The summed E-state index contributed by atoms with van der Waals surface area (Å²) in [4.78, 5) is 12.1. The number of primary amides is 1. The molecule has 2 aromatic carbocycles. The first kappa shape index (κ1) is 12.6. The van der Waals surface area contributed by atoms with Gasteiger partial charge in [0, 0.05) is 0 Å². The van der Waals surface area contributed by atoms with Gasteiger partial charge in [0.15, 0.2) is 0 Å². The molecule has 0 aliphatic carbocycles. The van der Waals surface area contributed by atoms with Crippen LogP contribution in [0.4, 0.5) is 4.79 Å². The Morgan fingerprint density at radius 1 is 0.882 bits per heavy atom. The molecule has 86 valence electrons. The summed E-state index contributed by atoms with van der Waals surface area (Å²) >= 11 is 0. The lowest BCUT2D eigenvalue weighted by Crippen LogP contribution is -2.01. The van der Waals surface area contributed by atoms with Crippen LogP contribution in [0.3, 0.4) is 0 Å². The molecule has 2 amide bonds. The Morgan fingerprint density at radius 3 is 1.41 bits per heavy atom. The van der Waals surface area contributed by atoms with Crippen molar-refractivity contribution in [1.29, 1.82) is 0 Å². The lowest BCUT2D eigenvalue weighted by molar-refractivity contribution is 0.257. The molecule has 0 unspecified atom stereocenters. The summed E-state index contributed by atoms with van der Waals surface area (Å²) in [6.45, 7) is 2.84. The maximum absolute atomic E-state index is 9.36. The highest BCUT2D eigenvalue weighted by atomic mass is 16.2. The van der Waals surface area contributed by atoms with Crippen molar-refractivity contribution in [3.05, 3.63) is 60.7 Å². The van der Waals surface area contributed by atoms with E-state index in [1.807, 2.05) is 12.1 Å². The fourth-order valence-electron chi connectivity index (χ4n) is 1.26. The molecule has 0 spiro atoms. The fraction of sp³-hybridized carbons (Fsp3) is 0. The smallest absolute Gasteiger partial charge is 0.337 e. The van der Waals surface area contributed by atoms with E-state index in [0.29, 0.717) is 0 Å². The van der Waals surface area contributed by atoms with Gasteiger partial charge in [-0.05, 0) is 17.8 Å². The fourth-order valence-corrected chi connectivity index (χ4v) is 1.26. The van der Waals surface area contributed by atoms with Gasteiger partial charge in [-0.1, -0.05) is 60.7 Å². The average molecular weight is 226 g/mol. The summed E-state index contributed by atoms with van der Waals surface area (Å²) in [6.07, 6.45) is 0. The van der Waals surface area contributed by atoms with Gasteiger partial charge < -0.3 is 5.73 Å². The lowest BCUT2D eigenvalue weighted by Gasteiger charge is -1.98. The highest BCUT2D eigenvalue weighted by molar-refractivity contribution is 5.76. The van der Waals surface area contributed by atoms with Crippen LogP contribution in [0.5, 0.6) is 0 Å². The van der Waals surface area contributed by atoms with Crippen LogP contribution in [0.25, 0.3) is 11.1 Å². The van der Waals surface area contributed by atoms with Crippen molar-refractivity contribution in [2.75, 3.05) is 0 Å². The number of hydrogen-bond donors (Lipinski definition) is 1. The number of rotatable bonds is 1. The standard InChI is InChI=1S/C12H10.C2H4N2O/c1-3-7-11(8-4-1)12-9-5-2-6-10-12;1-4-2(3)5/h1-10H;1H2,(H2,3,5). The quantitative estimate of drug-likeness (QED) is 0.746. The Kier molecular flexibility index (Phi) is 5.17. The predicted molar refractivity (Wildman–Crippen MR) is 71.0 cm³/mol. The molecule has 3 heteroatoms. The van der Waals surface area contributed by atoms with Crippen LogP contribution in [0, 0.1) is 0 Å². The number of carbonyl (C=O) groups is 1. The zero-order chi connectivity index (χ0) is 12.5. The van der Waals surface area contributed by atoms with Crippen LogP contribution in [-0.4, -0.2) is 12.7 Å². The molecule has 0 saturated heterocycles. The van der Waals surface area contributed by atoms with E-state index in [-0.39, 0.29) is 0 Å². The average Bonchev–Trinajstić information content (AvgIpc) is 2.41. The normalized spacial score (nSPS) is 8.71. The minimum absolute atomic E-state index is 0.731. The number of benzene rings is 2. The monoisotopic (exact) mass is 226 g/mol. The molecule has 2 N–H and O–H groups in total. The molecular weight excluding hydrogens is 212 g/mol. The summed E-state index contributed by atoms with van der Waals surface area (Å²) in [7, 11) is 0. The molecule has 0 saturated carbocycles. The topological polar surface area (TPSA) is 55.4 Å². The highest BCUT2D eigenvalue weighted by Crippen LogP contribution is 2.17. The van der Waals surface area contributed by atoms with E-state index in [1.165, 1.54) is 11.1 Å². The van der Waals surface area contributed by atoms with Crippen molar-refractivity contribution < 1.29 is 4.79 Å². The van der Waals surface area contributed by atoms with Crippen molar-refractivity contribution in [3.8, 4) is 11.1 Å². The van der Waals surface area contributed by atoms with Gasteiger partial charge >= 0.3 is 6.03 Å². The van der Waals surface area contributed by atoms with Gasteiger partial charge in [-0.15, -0.1) is 0 Å². The highest BCUT2D eigenvalue weighted by Gasteiger charge is 1.91. The Morgan fingerprint density at radius 2 is 1.18 bits per heavy atom. The van der Waals surface area contributed by atoms with Gasteiger partial charge in [0.2, 0.25) is 0 Å². The molecule has 17 heavy (non-hydrogen) atoms. The molecule has 0 aromatic heterocycles. The summed E-state index contributed by atoms with van der Waals surface area (Å²) in [6, 6.07) is 20.0. The summed E-state index contributed by atoms with van der Waals surface area (Å²) in [5.74, 6) is 0. The molecule has 0 bridgehead atoms. The first-order chi connectivity index (χ1) is 8.24. The molecular formula is C14H14N2O. The maximum Gasteiger partial charge on any atom is 0.337 e. The first-order valence-electron chi connectivity index (χ1n) is 5.10. The van der Waals surface area contributed by atoms with E-state index in [9.17, 15) is 4.79 Å². The van der Waals surface area contributed by atoms with Gasteiger partial charge in [0.05, 0.1) is 0 Å². The lowest BCUT2D eigenvalue weighted by atomic mass is 10.1. The van der Waals surface area contributed by atoms with E-state index in [1.54, 1.807) is 0 Å². The number of urea groups is 1. The predicted octanol–water partition coefficient (Wildman–Crippen LogP) is 3.12. The van der Waals surface area contributed by atoms with Crippen LogP contribution >= 0.6 is 0 Å². The molecule has 0 atom stereocenters. The number of hydrogen-bond acceptors (Lipinski definition) is 1. The Bertz CT molecular complexity index is 429. The van der Waals surface area contributed by atoms with Crippen LogP contribution in [-0.2, 0) is 0 Å². The van der Waals surface area contributed by atoms with Gasteiger partial charge in [-0.25, -0.2) is 9.79 Å². The Labute approximate surface area is 101 Å². The van der Waals surface area contributed by atoms with E-state index < -0.39 is 6.03 Å². The molecule has 0 fully saturated rings. The number of amides is 2. The minimum Gasteiger partial charge on any atom is -0.350 e. The van der Waals surface area contributed by atoms with Gasteiger partial charge in [-0.2, -0.15) is 0 Å². The number of nitrogens with two attached hydrogens (primary N) is 1. The zero-order valence-electron chi connectivity index (χ0n) is 9.41. The zero-order valence-corrected chi connectivity index (χ0v) is 9.41. The van der Waals surface area contributed by atoms with E-state index in [0.717, 1.165) is 0 Å². The van der Waals surface area contributed by atoms with E-state index in [4.69, 9.17) is 0 Å². The molecule has 0 heterocycles. The van der Waals surface area contributed by atoms with Crippen LogP contribution in [0.1, 0.15) is 0 Å². The largest absolute Gasteiger partial charge is 0.350 e. The second kappa shape index (κ2) is 6.95. The third kappa shape index (κ3) is 4.75. The van der Waals surface area contributed by atoms with Gasteiger partial charge in [-0.3, -0.25) is 0 Å². The van der Waals surface area contributed by atoms with Gasteiger partial charge in [0.25, 0.3) is 0 Å². The summed E-state index contributed by atoms with van der Waals surface area (Å²) in [5, 5.41) is 0. The molecule has 0 aliphatic heterocycles. The molecule has 0 radical (unpaired) electrons. The van der Waals surface area contributed by atoms with E-state index in [2.05, 4.69) is 66.0 Å². The van der Waals surface area contributed by atoms with Crippen LogP contribution in [0.2, 0.25) is 0 Å². The number of nitrogens with zero attached hydrogens (tertiary/aromatic N) is 1. The van der Waals surface area contributed by atoms with Crippen LogP contribution < -0.4 is 5.73 Å². The third-order valence-electron chi connectivity index (χ3n) is 2.04. The number of aliphatic imine (C=N–C) groups is 1. The van der Waals surface area contributed by atoms with Crippen molar-refractivity contribution in [2.45, 2.75) is 0 Å². The molecule has 0 aliphatic rings. The van der Waals surface area contributed by atoms with Crippen molar-refractivity contribution in [2.24, 2.45) is 10.7 Å². The van der Waals surface area contributed by atoms with Crippen molar-refractivity contribution in [1.82, 2.24) is 0 Å². The molecule has 2 aromatic rings. The SMILES string of the molecule is C=NC(N)=O.c1ccc(-c2ccccc2)cc1. The van der Waals surface area contributed by atoms with Crippen molar-refractivity contribution >= 4 is 12.7 Å². The van der Waals surface area contributed by atoms with Gasteiger partial charge in [0.1, 0.15) is 0 Å². The molecule has 2 rings (SSSR count). The second-order valence-corrected chi connectivity index (χ2v) is 3.23. The first-order valence-corrected chi connectivity index (χ1v) is 5.10. The Balaban J connectivity index is 0.000000249. The Hall–Kier alpha value is -2.42. The number of carbonyl (C=O) groups excluding carboxylic acids is 1. The second-order valence-electron chi connectivity index (χ2n) is 3.23. The summed E-state index contributed by atoms with van der Waals surface area (Å²) in [5.41, 5.74) is 6.98. The minimum atomic E-state index is -0.731. The molecule has 3 nitrogen and oxygen atoms in total. The third-order valence-corrected chi connectivity index (χ3v) is 2.04. The maximum atomic E-state index is 9.36. The van der Waals surface area contributed by atoms with Crippen LogP contribution in [0.15, 0.2) is 65.7 Å². The van der Waals surface area contributed by atoms with E-state index >= 15 is 0 Å². The van der Waals surface area contributed by atoms with Crippen molar-refractivity contribution in [3.63, 3.8) is 0 Å². The summed E-state index contributed by atoms with van der Waals surface area (Å²) < 4.78 is 0.